The molecular weight excluding hydrogens is 271 g/mol. The fourth-order valence-electron chi connectivity index (χ4n) is 1.68. The highest BCUT2D eigenvalue weighted by Gasteiger charge is 2.01. The molecule has 2 N–H and O–H groups in total. The Morgan fingerprint density at radius 3 is 2.43 bits per heavy atom. The third-order valence-electron chi connectivity index (χ3n) is 2.78. The molecular formula is C16H17FN2O2. The number of carbonyl (C=O) groups excluding carboxylic acids is 1. The molecule has 0 saturated heterocycles. The van der Waals surface area contributed by atoms with Gasteiger partial charge in [-0.15, -0.1) is 0 Å². The van der Waals surface area contributed by atoms with Crippen LogP contribution in [0.2, 0.25) is 0 Å². The number of nitrogens with one attached hydrogen (secondary N) is 2. The Bertz CT molecular complexity index is 582. The van der Waals surface area contributed by atoms with Crippen molar-refractivity contribution >= 4 is 11.7 Å². The van der Waals surface area contributed by atoms with Gasteiger partial charge in [0.2, 0.25) is 0 Å². The lowest BCUT2D eigenvalue weighted by Gasteiger charge is -2.09. The summed E-state index contributed by atoms with van der Waals surface area (Å²) in [7, 11) is 0. The van der Waals surface area contributed by atoms with Crippen molar-refractivity contribution in [2.45, 2.75) is 6.92 Å². The van der Waals surface area contributed by atoms with Crippen molar-refractivity contribution in [1.29, 1.82) is 0 Å². The van der Waals surface area contributed by atoms with E-state index in [0.29, 0.717) is 18.8 Å². The third kappa shape index (κ3) is 5.14. The number of anilines is 1. The van der Waals surface area contributed by atoms with Gasteiger partial charge in [-0.3, -0.25) is 0 Å². The van der Waals surface area contributed by atoms with E-state index < -0.39 is 0 Å². The minimum atomic E-state index is -0.353. The molecule has 0 aromatic heterocycles. The fraction of sp³-hybridized carbons (Fsp3) is 0.188. The van der Waals surface area contributed by atoms with Crippen LogP contribution in [0.5, 0.6) is 5.75 Å². The van der Waals surface area contributed by atoms with Crippen molar-refractivity contribution in [2.75, 3.05) is 18.5 Å². The molecule has 2 aromatic rings. The Balaban J connectivity index is 1.67. The molecule has 0 fully saturated rings. The highest BCUT2D eigenvalue weighted by Crippen LogP contribution is 2.11. The molecule has 21 heavy (non-hydrogen) atoms. The predicted octanol–water partition coefficient (Wildman–Crippen LogP) is 3.33. The van der Waals surface area contributed by atoms with Gasteiger partial charge in [0, 0.05) is 5.69 Å². The standard InChI is InChI=1S/C16H17FN2O2/c1-12-2-8-15(9-3-12)21-11-10-18-16(20)19-14-6-4-13(17)5-7-14/h2-9H,10-11H2,1H3,(H2,18,19,20). The van der Waals surface area contributed by atoms with Gasteiger partial charge in [0.1, 0.15) is 18.2 Å². The summed E-state index contributed by atoms with van der Waals surface area (Å²) in [4.78, 5) is 11.6. The van der Waals surface area contributed by atoms with Gasteiger partial charge in [-0.1, -0.05) is 17.7 Å². The van der Waals surface area contributed by atoms with Crippen LogP contribution < -0.4 is 15.4 Å². The van der Waals surface area contributed by atoms with Gasteiger partial charge in [-0.25, -0.2) is 9.18 Å². The highest BCUT2D eigenvalue weighted by atomic mass is 19.1. The van der Waals surface area contributed by atoms with E-state index in [0.717, 1.165) is 5.75 Å². The van der Waals surface area contributed by atoms with Gasteiger partial charge in [0.25, 0.3) is 0 Å². The molecule has 0 aliphatic rings. The number of hydrogen-bond acceptors (Lipinski definition) is 2. The molecule has 2 rings (SSSR count). The predicted molar refractivity (Wildman–Crippen MR) is 80.1 cm³/mol. The van der Waals surface area contributed by atoms with E-state index in [2.05, 4.69) is 10.6 Å². The number of aryl methyl sites for hydroxylation is 1. The molecule has 0 saturated carbocycles. The van der Waals surface area contributed by atoms with Crippen molar-refractivity contribution in [3.05, 3.63) is 59.9 Å². The maximum absolute atomic E-state index is 12.7. The molecule has 0 spiro atoms. The van der Waals surface area contributed by atoms with Crippen molar-refractivity contribution in [3.8, 4) is 5.75 Å². The Morgan fingerprint density at radius 2 is 1.76 bits per heavy atom. The number of hydrogen-bond donors (Lipinski definition) is 2. The first-order valence-corrected chi connectivity index (χ1v) is 6.63. The molecule has 0 bridgehead atoms. The Kier molecular flexibility index (Phi) is 5.15. The average Bonchev–Trinajstić information content (AvgIpc) is 2.48. The lowest BCUT2D eigenvalue weighted by Crippen LogP contribution is -2.32. The summed E-state index contributed by atoms with van der Waals surface area (Å²) in [6.07, 6.45) is 0. The van der Waals surface area contributed by atoms with E-state index in [1.807, 2.05) is 31.2 Å². The van der Waals surface area contributed by atoms with E-state index >= 15 is 0 Å². The van der Waals surface area contributed by atoms with Crippen LogP contribution in [0.1, 0.15) is 5.56 Å². The Labute approximate surface area is 122 Å². The minimum absolute atomic E-state index is 0.340. The van der Waals surface area contributed by atoms with Crippen molar-refractivity contribution in [1.82, 2.24) is 5.32 Å². The number of carbonyl (C=O) groups is 1. The summed E-state index contributed by atoms with van der Waals surface area (Å²) in [6.45, 7) is 2.76. The van der Waals surface area contributed by atoms with Crippen LogP contribution in [0.25, 0.3) is 0 Å². The number of amides is 2. The van der Waals surface area contributed by atoms with Gasteiger partial charge in [-0.2, -0.15) is 0 Å². The Morgan fingerprint density at radius 1 is 1.10 bits per heavy atom. The van der Waals surface area contributed by atoms with Crippen LogP contribution in [0, 0.1) is 12.7 Å². The van der Waals surface area contributed by atoms with E-state index in [1.54, 1.807) is 0 Å². The first-order chi connectivity index (χ1) is 10.1. The van der Waals surface area contributed by atoms with Gasteiger partial charge in [0.05, 0.1) is 6.54 Å². The fourth-order valence-corrected chi connectivity index (χ4v) is 1.68. The van der Waals surface area contributed by atoms with Crippen molar-refractivity contribution < 1.29 is 13.9 Å². The second kappa shape index (κ2) is 7.28. The number of benzene rings is 2. The number of urea groups is 1. The molecule has 2 amide bonds. The van der Waals surface area contributed by atoms with Crippen LogP contribution >= 0.6 is 0 Å². The van der Waals surface area contributed by atoms with Crippen LogP contribution in [0.4, 0.5) is 14.9 Å². The summed E-state index contributed by atoms with van der Waals surface area (Å²) >= 11 is 0. The SMILES string of the molecule is Cc1ccc(OCCNC(=O)Nc2ccc(F)cc2)cc1. The lowest BCUT2D eigenvalue weighted by molar-refractivity contribution is 0.247. The second-order valence-corrected chi connectivity index (χ2v) is 4.55. The summed E-state index contributed by atoms with van der Waals surface area (Å²) in [5.74, 6) is 0.425. The maximum atomic E-state index is 12.7. The van der Waals surface area contributed by atoms with E-state index in [-0.39, 0.29) is 11.8 Å². The zero-order valence-corrected chi connectivity index (χ0v) is 11.7. The van der Waals surface area contributed by atoms with Crippen LogP contribution in [-0.2, 0) is 0 Å². The minimum Gasteiger partial charge on any atom is -0.492 e. The molecule has 0 atom stereocenters. The third-order valence-corrected chi connectivity index (χ3v) is 2.78. The van der Waals surface area contributed by atoms with E-state index in [4.69, 9.17) is 4.74 Å². The van der Waals surface area contributed by atoms with E-state index in [9.17, 15) is 9.18 Å². The van der Waals surface area contributed by atoms with E-state index in [1.165, 1.54) is 29.8 Å². The second-order valence-electron chi connectivity index (χ2n) is 4.55. The first-order valence-electron chi connectivity index (χ1n) is 6.63. The summed E-state index contributed by atoms with van der Waals surface area (Å²) < 4.78 is 18.2. The quantitative estimate of drug-likeness (QED) is 0.829. The number of rotatable bonds is 5. The largest absolute Gasteiger partial charge is 0.492 e. The zero-order chi connectivity index (χ0) is 15.1. The monoisotopic (exact) mass is 288 g/mol. The lowest BCUT2D eigenvalue weighted by atomic mass is 10.2. The highest BCUT2D eigenvalue weighted by molar-refractivity contribution is 5.89. The molecule has 4 nitrogen and oxygen atoms in total. The molecule has 5 heteroatoms. The van der Waals surface area contributed by atoms with Crippen LogP contribution in [0.3, 0.4) is 0 Å². The maximum Gasteiger partial charge on any atom is 0.319 e. The number of ether oxygens (including phenoxy) is 1. The molecule has 2 aromatic carbocycles. The smallest absolute Gasteiger partial charge is 0.319 e. The molecule has 0 aliphatic carbocycles. The average molecular weight is 288 g/mol. The molecule has 110 valence electrons. The molecule has 0 aliphatic heterocycles. The van der Waals surface area contributed by atoms with Crippen molar-refractivity contribution in [3.63, 3.8) is 0 Å². The summed E-state index contributed by atoms with van der Waals surface area (Å²) in [5, 5.41) is 5.26. The van der Waals surface area contributed by atoms with Crippen molar-refractivity contribution in [2.24, 2.45) is 0 Å². The normalized spacial score (nSPS) is 10.0. The van der Waals surface area contributed by atoms with Gasteiger partial charge in [0.15, 0.2) is 0 Å². The summed E-state index contributed by atoms with van der Waals surface area (Å²) in [6, 6.07) is 12.9. The Hall–Kier alpha value is -2.56. The van der Waals surface area contributed by atoms with Gasteiger partial charge < -0.3 is 15.4 Å². The summed E-state index contributed by atoms with van der Waals surface area (Å²) in [5.41, 5.74) is 1.70. The van der Waals surface area contributed by atoms with Gasteiger partial charge in [-0.05, 0) is 43.3 Å². The van der Waals surface area contributed by atoms with Crippen LogP contribution in [-0.4, -0.2) is 19.2 Å². The first kappa shape index (κ1) is 14.8. The molecule has 0 radical (unpaired) electrons. The van der Waals surface area contributed by atoms with Crippen LogP contribution in [0.15, 0.2) is 48.5 Å². The zero-order valence-electron chi connectivity index (χ0n) is 11.7. The topological polar surface area (TPSA) is 50.4 Å². The molecule has 0 heterocycles. The van der Waals surface area contributed by atoms with Gasteiger partial charge >= 0.3 is 6.03 Å². The number of halogens is 1. The molecule has 0 unspecified atom stereocenters.